The van der Waals surface area contributed by atoms with Crippen molar-refractivity contribution in [2.45, 2.75) is 83.1 Å². The molecule has 1 aliphatic heterocycles. The lowest BCUT2D eigenvalue weighted by Gasteiger charge is -2.51. The molecule has 1 aromatic carbocycles. The molecule has 0 radical (unpaired) electrons. The van der Waals surface area contributed by atoms with Crippen LogP contribution in [-0.4, -0.2) is 11.8 Å². The van der Waals surface area contributed by atoms with Crippen molar-refractivity contribution in [3.8, 4) is 0 Å². The van der Waals surface area contributed by atoms with Crippen LogP contribution in [0.5, 0.6) is 0 Å². The predicted molar refractivity (Wildman–Crippen MR) is 99.5 cm³/mol. The van der Waals surface area contributed by atoms with E-state index in [1.54, 1.807) is 0 Å². The summed E-state index contributed by atoms with van der Waals surface area (Å²) in [4.78, 5) is 13.7. The van der Waals surface area contributed by atoms with E-state index in [-0.39, 0.29) is 5.41 Å². The molecule has 0 spiro atoms. The van der Waals surface area contributed by atoms with Crippen LogP contribution in [-0.2, 0) is 0 Å². The van der Waals surface area contributed by atoms with Crippen LogP contribution in [0.3, 0.4) is 0 Å². The molecule has 24 heavy (non-hydrogen) atoms. The van der Waals surface area contributed by atoms with E-state index in [2.05, 4.69) is 17.4 Å². The van der Waals surface area contributed by atoms with Gasteiger partial charge in [0.25, 0.3) is 0 Å². The van der Waals surface area contributed by atoms with Gasteiger partial charge in [-0.2, -0.15) is 0 Å². The van der Waals surface area contributed by atoms with Crippen LogP contribution in [0.25, 0.3) is 0 Å². The first-order valence-corrected chi connectivity index (χ1v) is 10.2. The summed E-state index contributed by atoms with van der Waals surface area (Å²) in [6.07, 6.45) is 15.4. The average molecular weight is 325 g/mol. The van der Waals surface area contributed by atoms with E-state index in [1.165, 1.54) is 64.2 Å². The van der Waals surface area contributed by atoms with Gasteiger partial charge in [0, 0.05) is 17.3 Å². The summed E-state index contributed by atoms with van der Waals surface area (Å²) in [5.41, 5.74) is 1.90. The molecule has 0 bridgehead atoms. The van der Waals surface area contributed by atoms with Gasteiger partial charge in [-0.25, -0.2) is 0 Å². The molecule has 2 aliphatic carbocycles. The summed E-state index contributed by atoms with van der Waals surface area (Å²) in [6.45, 7) is 0. The van der Waals surface area contributed by atoms with E-state index in [4.69, 9.17) is 0 Å². The molecular weight excluding hydrogens is 294 g/mol. The maximum absolute atomic E-state index is 13.7. The molecule has 0 aromatic heterocycles. The standard InChI is InChI=1S/C22H31NO/c24-21-18-13-7-8-14-19(18)23-20-15-9-10-16-22(20,21)17-11-5-3-1-2-4-6-12-17/h7-8,13-14,17,20,23H,1-6,9-12,15-16H2. The number of carbonyl (C=O) groups excluding carboxylic acids is 1. The minimum Gasteiger partial charge on any atom is -0.381 e. The molecule has 2 nitrogen and oxygen atoms in total. The van der Waals surface area contributed by atoms with Crippen molar-refractivity contribution in [1.29, 1.82) is 0 Å². The molecule has 1 heterocycles. The highest BCUT2D eigenvalue weighted by molar-refractivity contribution is 6.07. The van der Waals surface area contributed by atoms with Gasteiger partial charge in [0.1, 0.15) is 0 Å². The second-order valence-corrected chi connectivity index (χ2v) is 8.25. The number of nitrogens with one attached hydrogen (secondary N) is 1. The summed E-state index contributed by atoms with van der Waals surface area (Å²) in [6, 6.07) is 8.58. The summed E-state index contributed by atoms with van der Waals surface area (Å²) in [5, 5.41) is 3.80. The monoisotopic (exact) mass is 325 g/mol. The topological polar surface area (TPSA) is 29.1 Å². The number of carbonyl (C=O) groups is 1. The lowest BCUT2D eigenvalue weighted by molar-refractivity contribution is 0.0404. The Morgan fingerprint density at radius 2 is 1.50 bits per heavy atom. The molecular formula is C22H31NO. The number of hydrogen-bond acceptors (Lipinski definition) is 2. The molecule has 1 aromatic rings. The zero-order chi connectivity index (χ0) is 16.4. The number of fused-ring (bicyclic) bond motifs is 2. The Kier molecular flexibility index (Phi) is 4.65. The maximum atomic E-state index is 13.7. The van der Waals surface area contributed by atoms with Gasteiger partial charge in [0.15, 0.2) is 5.78 Å². The van der Waals surface area contributed by atoms with Gasteiger partial charge in [0.2, 0.25) is 0 Å². The first-order valence-electron chi connectivity index (χ1n) is 10.2. The number of Topliss-reactive ketones (excluding diaryl/α,β-unsaturated/α-hetero) is 1. The van der Waals surface area contributed by atoms with Crippen LogP contribution in [0.15, 0.2) is 24.3 Å². The van der Waals surface area contributed by atoms with Crippen LogP contribution in [0.2, 0.25) is 0 Å². The van der Waals surface area contributed by atoms with Gasteiger partial charge in [-0.1, -0.05) is 63.5 Å². The largest absolute Gasteiger partial charge is 0.381 e. The van der Waals surface area contributed by atoms with Crippen molar-refractivity contribution in [2.75, 3.05) is 5.32 Å². The smallest absolute Gasteiger partial charge is 0.173 e. The molecule has 1 N–H and O–H groups in total. The molecule has 2 unspecified atom stereocenters. The lowest BCUT2D eigenvalue weighted by atomic mass is 9.56. The van der Waals surface area contributed by atoms with E-state index in [9.17, 15) is 4.79 Å². The third-order valence-corrected chi connectivity index (χ3v) is 6.96. The summed E-state index contributed by atoms with van der Waals surface area (Å²) in [5.74, 6) is 1.04. The highest BCUT2D eigenvalue weighted by Crippen LogP contribution is 2.53. The molecule has 0 saturated heterocycles. The van der Waals surface area contributed by atoms with Crippen LogP contribution in [0, 0.1) is 11.3 Å². The van der Waals surface area contributed by atoms with Crippen molar-refractivity contribution in [1.82, 2.24) is 0 Å². The zero-order valence-electron chi connectivity index (χ0n) is 14.9. The minimum atomic E-state index is -0.128. The van der Waals surface area contributed by atoms with Crippen molar-refractivity contribution in [2.24, 2.45) is 11.3 Å². The molecule has 2 atom stereocenters. The lowest BCUT2D eigenvalue weighted by Crippen LogP contribution is -2.56. The summed E-state index contributed by atoms with van der Waals surface area (Å²) >= 11 is 0. The van der Waals surface area contributed by atoms with E-state index in [0.29, 0.717) is 17.7 Å². The molecule has 2 saturated carbocycles. The van der Waals surface area contributed by atoms with Gasteiger partial charge in [-0.3, -0.25) is 4.79 Å². The quantitative estimate of drug-likeness (QED) is 0.688. The normalized spacial score (nSPS) is 31.8. The first-order chi connectivity index (χ1) is 11.8. The zero-order valence-corrected chi connectivity index (χ0v) is 14.9. The SMILES string of the molecule is O=C1c2ccccc2NC2CCCCC12C1CCCCCCCC1. The van der Waals surface area contributed by atoms with Crippen LogP contribution < -0.4 is 5.32 Å². The van der Waals surface area contributed by atoms with Crippen molar-refractivity contribution in [3.63, 3.8) is 0 Å². The second-order valence-electron chi connectivity index (χ2n) is 8.25. The number of rotatable bonds is 1. The Balaban J connectivity index is 1.72. The fraction of sp³-hybridized carbons (Fsp3) is 0.682. The van der Waals surface area contributed by atoms with Crippen LogP contribution >= 0.6 is 0 Å². The Labute approximate surface area is 146 Å². The summed E-state index contributed by atoms with van der Waals surface area (Å²) < 4.78 is 0. The molecule has 3 aliphatic rings. The highest BCUT2D eigenvalue weighted by Gasteiger charge is 2.54. The minimum absolute atomic E-state index is 0.128. The Morgan fingerprint density at radius 3 is 2.29 bits per heavy atom. The number of hydrogen-bond donors (Lipinski definition) is 1. The number of benzene rings is 1. The molecule has 2 fully saturated rings. The van der Waals surface area contributed by atoms with E-state index < -0.39 is 0 Å². The Hall–Kier alpha value is -1.31. The van der Waals surface area contributed by atoms with E-state index >= 15 is 0 Å². The van der Waals surface area contributed by atoms with Gasteiger partial charge in [0.05, 0.1) is 5.41 Å². The van der Waals surface area contributed by atoms with E-state index in [1.807, 2.05) is 12.1 Å². The van der Waals surface area contributed by atoms with Crippen molar-refractivity contribution in [3.05, 3.63) is 29.8 Å². The predicted octanol–water partition coefficient (Wildman–Crippen LogP) is 5.97. The van der Waals surface area contributed by atoms with Gasteiger partial charge >= 0.3 is 0 Å². The average Bonchev–Trinajstić information content (AvgIpc) is 2.76. The fourth-order valence-corrected chi connectivity index (χ4v) is 5.74. The third-order valence-electron chi connectivity index (χ3n) is 6.96. The van der Waals surface area contributed by atoms with Crippen molar-refractivity contribution >= 4 is 11.5 Å². The van der Waals surface area contributed by atoms with Crippen LogP contribution in [0.4, 0.5) is 5.69 Å². The fourth-order valence-electron chi connectivity index (χ4n) is 5.74. The third kappa shape index (κ3) is 2.68. The first kappa shape index (κ1) is 16.2. The molecule has 2 heteroatoms. The number of para-hydroxylation sites is 1. The van der Waals surface area contributed by atoms with Crippen LogP contribution in [0.1, 0.15) is 87.4 Å². The van der Waals surface area contributed by atoms with Gasteiger partial charge in [-0.15, -0.1) is 0 Å². The van der Waals surface area contributed by atoms with Gasteiger partial charge < -0.3 is 5.32 Å². The highest BCUT2D eigenvalue weighted by atomic mass is 16.1. The Morgan fingerprint density at radius 1 is 0.833 bits per heavy atom. The second kappa shape index (κ2) is 6.90. The summed E-state index contributed by atoms with van der Waals surface area (Å²) in [7, 11) is 0. The molecule has 0 amide bonds. The Bertz CT molecular complexity index is 585. The van der Waals surface area contributed by atoms with Gasteiger partial charge in [-0.05, 0) is 43.7 Å². The number of anilines is 1. The molecule has 4 rings (SSSR count). The molecule has 130 valence electrons. The van der Waals surface area contributed by atoms with Crippen molar-refractivity contribution < 1.29 is 4.79 Å². The number of ketones is 1. The maximum Gasteiger partial charge on any atom is 0.173 e. The van der Waals surface area contributed by atoms with E-state index in [0.717, 1.165) is 24.1 Å².